The van der Waals surface area contributed by atoms with Gasteiger partial charge in [0.25, 0.3) is 0 Å². The fourth-order valence-electron chi connectivity index (χ4n) is 2.10. The number of anilines is 1. The summed E-state index contributed by atoms with van der Waals surface area (Å²) >= 11 is 0. The standard InChI is InChI=1S/C16H16N4/c1-12(13-7-3-2-4-8-13)11-17-16-18-14-9-5-6-10-15(14)19-20-16/h2-10,12H,11H2,1H3,(H,17,18,20). The molecule has 1 N–H and O–H groups in total. The first-order valence-corrected chi connectivity index (χ1v) is 6.71. The van der Waals surface area contributed by atoms with E-state index in [1.807, 2.05) is 30.3 Å². The molecule has 0 aliphatic rings. The van der Waals surface area contributed by atoms with Gasteiger partial charge in [0, 0.05) is 6.54 Å². The van der Waals surface area contributed by atoms with E-state index in [-0.39, 0.29) is 0 Å². The Balaban J connectivity index is 1.70. The molecule has 0 fully saturated rings. The molecule has 0 saturated heterocycles. The third kappa shape index (κ3) is 2.74. The summed E-state index contributed by atoms with van der Waals surface area (Å²) in [5.41, 5.74) is 2.97. The van der Waals surface area contributed by atoms with Crippen molar-refractivity contribution in [3.63, 3.8) is 0 Å². The minimum atomic E-state index is 0.395. The predicted octanol–water partition coefficient (Wildman–Crippen LogP) is 3.24. The minimum Gasteiger partial charge on any atom is -0.352 e. The third-order valence-corrected chi connectivity index (χ3v) is 3.30. The quantitative estimate of drug-likeness (QED) is 0.786. The number of nitrogens with zero attached hydrogens (tertiary/aromatic N) is 3. The summed E-state index contributed by atoms with van der Waals surface area (Å²) in [6, 6.07) is 18.1. The minimum absolute atomic E-state index is 0.395. The maximum absolute atomic E-state index is 4.46. The number of benzene rings is 2. The fraction of sp³-hybridized carbons (Fsp3) is 0.188. The first-order valence-electron chi connectivity index (χ1n) is 6.71. The zero-order valence-electron chi connectivity index (χ0n) is 11.3. The van der Waals surface area contributed by atoms with E-state index >= 15 is 0 Å². The Labute approximate surface area is 117 Å². The van der Waals surface area contributed by atoms with Gasteiger partial charge in [-0.25, -0.2) is 4.98 Å². The van der Waals surface area contributed by atoms with Crippen molar-refractivity contribution >= 4 is 17.0 Å². The van der Waals surface area contributed by atoms with Crippen LogP contribution >= 0.6 is 0 Å². The lowest BCUT2D eigenvalue weighted by molar-refractivity contribution is 0.793. The van der Waals surface area contributed by atoms with E-state index in [2.05, 4.69) is 51.7 Å². The molecule has 0 spiro atoms. The molecule has 3 aromatic rings. The van der Waals surface area contributed by atoms with Gasteiger partial charge in [0.15, 0.2) is 0 Å². The second-order valence-electron chi connectivity index (χ2n) is 4.82. The van der Waals surface area contributed by atoms with Crippen LogP contribution in [-0.2, 0) is 0 Å². The molecule has 1 atom stereocenters. The lowest BCUT2D eigenvalue weighted by Crippen LogP contribution is -2.12. The van der Waals surface area contributed by atoms with E-state index in [1.165, 1.54) is 5.56 Å². The molecule has 100 valence electrons. The van der Waals surface area contributed by atoms with Crippen molar-refractivity contribution in [2.45, 2.75) is 12.8 Å². The molecule has 0 bridgehead atoms. The number of hydrogen-bond donors (Lipinski definition) is 1. The number of para-hydroxylation sites is 1. The number of fused-ring (bicyclic) bond motifs is 1. The Hall–Kier alpha value is -2.49. The molecule has 1 unspecified atom stereocenters. The highest BCUT2D eigenvalue weighted by molar-refractivity contribution is 5.74. The highest BCUT2D eigenvalue weighted by atomic mass is 15.2. The smallest absolute Gasteiger partial charge is 0.243 e. The van der Waals surface area contributed by atoms with E-state index in [0.29, 0.717) is 11.9 Å². The molecule has 1 aromatic heterocycles. The van der Waals surface area contributed by atoms with Crippen LogP contribution in [0.2, 0.25) is 0 Å². The maximum Gasteiger partial charge on any atom is 0.243 e. The van der Waals surface area contributed by atoms with Crippen LogP contribution in [0.5, 0.6) is 0 Å². The molecule has 0 aliphatic heterocycles. The monoisotopic (exact) mass is 264 g/mol. The van der Waals surface area contributed by atoms with Gasteiger partial charge in [-0.1, -0.05) is 49.4 Å². The van der Waals surface area contributed by atoms with Gasteiger partial charge in [-0.05, 0) is 23.6 Å². The number of rotatable bonds is 4. The van der Waals surface area contributed by atoms with E-state index < -0.39 is 0 Å². The van der Waals surface area contributed by atoms with Crippen LogP contribution in [0.15, 0.2) is 54.6 Å². The van der Waals surface area contributed by atoms with Gasteiger partial charge in [0.1, 0.15) is 5.52 Å². The van der Waals surface area contributed by atoms with E-state index in [1.54, 1.807) is 0 Å². The lowest BCUT2D eigenvalue weighted by atomic mass is 10.0. The zero-order chi connectivity index (χ0) is 13.8. The van der Waals surface area contributed by atoms with Crippen molar-refractivity contribution in [3.8, 4) is 0 Å². The molecule has 0 saturated carbocycles. The molecule has 4 nitrogen and oxygen atoms in total. The van der Waals surface area contributed by atoms with Crippen molar-refractivity contribution in [2.24, 2.45) is 0 Å². The van der Waals surface area contributed by atoms with Crippen LogP contribution in [0.4, 0.5) is 5.95 Å². The molecule has 20 heavy (non-hydrogen) atoms. The molecule has 4 heteroatoms. The normalized spacial score (nSPS) is 12.2. The van der Waals surface area contributed by atoms with Gasteiger partial charge in [0.05, 0.1) is 5.52 Å². The van der Waals surface area contributed by atoms with Crippen LogP contribution in [0.3, 0.4) is 0 Å². The Morgan fingerprint density at radius 3 is 2.40 bits per heavy atom. The number of hydrogen-bond acceptors (Lipinski definition) is 4. The summed E-state index contributed by atoms with van der Waals surface area (Å²) in [4.78, 5) is 4.46. The van der Waals surface area contributed by atoms with Crippen LogP contribution in [0.1, 0.15) is 18.4 Å². The Morgan fingerprint density at radius 2 is 1.60 bits per heavy atom. The predicted molar refractivity (Wildman–Crippen MR) is 80.7 cm³/mol. The van der Waals surface area contributed by atoms with Gasteiger partial charge in [-0.15, -0.1) is 10.2 Å². The van der Waals surface area contributed by atoms with Crippen LogP contribution in [-0.4, -0.2) is 21.7 Å². The van der Waals surface area contributed by atoms with Crippen LogP contribution in [0.25, 0.3) is 11.0 Å². The first kappa shape index (κ1) is 12.5. The molecule has 0 radical (unpaired) electrons. The van der Waals surface area contributed by atoms with E-state index in [0.717, 1.165) is 17.6 Å². The number of nitrogens with one attached hydrogen (secondary N) is 1. The Bertz CT molecular complexity index is 697. The van der Waals surface area contributed by atoms with Crippen molar-refractivity contribution in [2.75, 3.05) is 11.9 Å². The summed E-state index contributed by atoms with van der Waals surface area (Å²) in [6.45, 7) is 2.96. The van der Waals surface area contributed by atoms with Gasteiger partial charge in [-0.2, -0.15) is 0 Å². The Kier molecular flexibility index (Phi) is 3.54. The highest BCUT2D eigenvalue weighted by Gasteiger charge is 2.06. The molecule has 3 rings (SSSR count). The topological polar surface area (TPSA) is 50.7 Å². The van der Waals surface area contributed by atoms with E-state index in [9.17, 15) is 0 Å². The van der Waals surface area contributed by atoms with Gasteiger partial charge >= 0.3 is 0 Å². The summed E-state index contributed by atoms with van der Waals surface area (Å²) in [5, 5.41) is 11.5. The molecule has 1 heterocycles. The molecule has 0 amide bonds. The number of aromatic nitrogens is 3. The largest absolute Gasteiger partial charge is 0.352 e. The first-order chi connectivity index (χ1) is 9.83. The van der Waals surface area contributed by atoms with Crippen molar-refractivity contribution < 1.29 is 0 Å². The van der Waals surface area contributed by atoms with Gasteiger partial charge in [0.2, 0.25) is 5.95 Å². The van der Waals surface area contributed by atoms with Gasteiger partial charge in [-0.3, -0.25) is 0 Å². The lowest BCUT2D eigenvalue weighted by Gasteiger charge is -2.12. The van der Waals surface area contributed by atoms with E-state index in [4.69, 9.17) is 0 Å². The summed E-state index contributed by atoms with van der Waals surface area (Å²) in [6.07, 6.45) is 0. The summed E-state index contributed by atoms with van der Waals surface area (Å²) < 4.78 is 0. The highest BCUT2D eigenvalue weighted by Crippen LogP contribution is 2.15. The van der Waals surface area contributed by atoms with Crippen LogP contribution < -0.4 is 5.32 Å². The zero-order valence-corrected chi connectivity index (χ0v) is 11.3. The Morgan fingerprint density at radius 1 is 0.900 bits per heavy atom. The molecule has 0 aliphatic carbocycles. The third-order valence-electron chi connectivity index (χ3n) is 3.30. The molecular weight excluding hydrogens is 248 g/mol. The average Bonchev–Trinajstić information content (AvgIpc) is 2.53. The van der Waals surface area contributed by atoms with Crippen molar-refractivity contribution in [3.05, 3.63) is 60.2 Å². The SMILES string of the molecule is CC(CNc1nnc2ccccc2n1)c1ccccc1. The maximum atomic E-state index is 4.46. The van der Waals surface area contributed by atoms with Crippen molar-refractivity contribution in [1.82, 2.24) is 15.2 Å². The molecular formula is C16H16N4. The van der Waals surface area contributed by atoms with Gasteiger partial charge < -0.3 is 5.32 Å². The van der Waals surface area contributed by atoms with Crippen LogP contribution in [0, 0.1) is 0 Å². The fourth-order valence-corrected chi connectivity index (χ4v) is 2.10. The van der Waals surface area contributed by atoms with Crippen molar-refractivity contribution in [1.29, 1.82) is 0 Å². The average molecular weight is 264 g/mol. The summed E-state index contributed by atoms with van der Waals surface area (Å²) in [7, 11) is 0. The second-order valence-corrected chi connectivity index (χ2v) is 4.82. The molecule has 2 aromatic carbocycles. The summed E-state index contributed by atoms with van der Waals surface area (Å²) in [5.74, 6) is 0.970. The second kappa shape index (κ2) is 5.65.